The van der Waals surface area contributed by atoms with E-state index in [-0.39, 0.29) is 11.8 Å². The topological polar surface area (TPSA) is 85.6 Å². The summed E-state index contributed by atoms with van der Waals surface area (Å²) >= 11 is 1.56. The van der Waals surface area contributed by atoms with Crippen LogP contribution in [-0.2, 0) is 4.74 Å². The largest absolute Gasteiger partial charge is 0.444 e. The number of nitrogens with zero attached hydrogens (tertiary/aromatic N) is 3. The normalized spacial score (nSPS) is 18.3. The number of nitro groups is 1. The number of aromatic nitrogens is 1. The molecule has 1 fully saturated rings. The number of pyridine rings is 1. The van der Waals surface area contributed by atoms with Gasteiger partial charge in [-0.2, -0.15) is 0 Å². The lowest BCUT2D eigenvalue weighted by Crippen LogP contribution is -2.43. The van der Waals surface area contributed by atoms with Gasteiger partial charge < -0.3 is 9.64 Å². The minimum atomic E-state index is -0.485. The van der Waals surface area contributed by atoms with E-state index in [9.17, 15) is 14.9 Å². The Labute approximate surface area is 145 Å². The fourth-order valence-corrected chi connectivity index (χ4v) is 3.43. The van der Waals surface area contributed by atoms with Crippen LogP contribution in [0.15, 0.2) is 23.4 Å². The number of ether oxygens (including phenoxy) is 1. The molecule has 7 nitrogen and oxygen atoms in total. The monoisotopic (exact) mass is 353 g/mol. The molecule has 0 spiro atoms. The van der Waals surface area contributed by atoms with Crippen molar-refractivity contribution in [2.24, 2.45) is 5.92 Å². The second-order valence-electron chi connectivity index (χ2n) is 6.86. The highest BCUT2D eigenvalue weighted by Gasteiger charge is 2.27. The molecule has 132 valence electrons. The molecule has 0 unspecified atom stereocenters. The number of carbonyl (C=O) groups excluding carboxylic acids is 1. The molecule has 0 bridgehead atoms. The molecule has 0 aromatic carbocycles. The van der Waals surface area contributed by atoms with Crippen LogP contribution in [0.2, 0.25) is 0 Å². The molecule has 1 amide bonds. The molecule has 2 rings (SSSR count). The lowest BCUT2D eigenvalue weighted by atomic mass is 10.0. The molecule has 1 atom stereocenters. The average molecular weight is 353 g/mol. The Hall–Kier alpha value is -1.83. The number of rotatable bonds is 4. The lowest BCUT2D eigenvalue weighted by Gasteiger charge is -2.34. The van der Waals surface area contributed by atoms with Crippen LogP contribution in [0.25, 0.3) is 0 Å². The van der Waals surface area contributed by atoms with Crippen LogP contribution in [-0.4, -0.2) is 45.3 Å². The first kappa shape index (κ1) is 18.5. The number of amides is 1. The van der Waals surface area contributed by atoms with E-state index in [0.717, 1.165) is 30.2 Å². The Morgan fingerprint density at radius 3 is 2.83 bits per heavy atom. The zero-order chi connectivity index (χ0) is 17.7. The Bertz CT molecular complexity index is 586. The molecule has 0 saturated carbocycles. The van der Waals surface area contributed by atoms with Gasteiger partial charge in [0.25, 0.3) is 5.69 Å². The molecule has 1 saturated heterocycles. The Kier molecular flexibility index (Phi) is 6.04. The van der Waals surface area contributed by atoms with Crippen LogP contribution in [0.5, 0.6) is 0 Å². The van der Waals surface area contributed by atoms with E-state index in [0.29, 0.717) is 12.5 Å². The van der Waals surface area contributed by atoms with Crippen LogP contribution in [0, 0.1) is 16.0 Å². The summed E-state index contributed by atoms with van der Waals surface area (Å²) in [6.07, 6.45) is 3.03. The summed E-state index contributed by atoms with van der Waals surface area (Å²) in [7, 11) is 0. The molecule has 1 aromatic rings. The van der Waals surface area contributed by atoms with Crippen LogP contribution in [0.4, 0.5) is 10.5 Å². The van der Waals surface area contributed by atoms with Gasteiger partial charge in [0.2, 0.25) is 0 Å². The van der Waals surface area contributed by atoms with E-state index in [1.54, 1.807) is 22.7 Å². The van der Waals surface area contributed by atoms with Crippen LogP contribution in [0.3, 0.4) is 0 Å². The standard InChI is InChI=1S/C16H23N3O4S/c1-16(2,3)23-15(20)18-8-4-5-12(10-18)11-24-14-7-6-13(9-17-14)19(21)22/h6-7,9,12H,4-5,8,10-11H2,1-3H3/t12-/m1/s1. The van der Waals surface area contributed by atoms with Gasteiger partial charge in [-0.3, -0.25) is 10.1 Å². The second kappa shape index (κ2) is 7.83. The van der Waals surface area contributed by atoms with Gasteiger partial charge in [0.15, 0.2) is 0 Å². The predicted molar refractivity (Wildman–Crippen MR) is 92.1 cm³/mol. The van der Waals surface area contributed by atoms with Gasteiger partial charge in [-0.1, -0.05) is 0 Å². The SMILES string of the molecule is CC(C)(C)OC(=O)N1CCC[C@@H](CSc2ccc([N+](=O)[O-])cn2)C1. The van der Waals surface area contributed by atoms with Gasteiger partial charge in [0.1, 0.15) is 11.8 Å². The van der Waals surface area contributed by atoms with E-state index < -0.39 is 10.5 Å². The van der Waals surface area contributed by atoms with E-state index in [4.69, 9.17) is 4.74 Å². The summed E-state index contributed by atoms with van der Waals surface area (Å²) in [4.78, 5) is 28.2. The molecular formula is C16H23N3O4S. The van der Waals surface area contributed by atoms with E-state index >= 15 is 0 Å². The maximum Gasteiger partial charge on any atom is 0.410 e. The summed E-state index contributed by atoms with van der Waals surface area (Å²) < 4.78 is 5.43. The van der Waals surface area contributed by atoms with Crippen molar-refractivity contribution >= 4 is 23.5 Å². The van der Waals surface area contributed by atoms with Gasteiger partial charge in [-0.15, -0.1) is 11.8 Å². The predicted octanol–water partition coefficient (Wildman–Crippen LogP) is 3.73. The fraction of sp³-hybridized carbons (Fsp3) is 0.625. The van der Waals surface area contributed by atoms with Crippen molar-refractivity contribution in [2.75, 3.05) is 18.8 Å². The molecule has 0 aliphatic carbocycles. The highest BCUT2D eigenvalue weighted by molar-refractivity contribution is 7.99. The highest BCUT2D eigenvalue weighted by atomic mass is 32.2. The third-order valence-electron chi connectivity index (χ3n) is 3.57. The van der Waals surface area contributed by atoms with Crippen molar-refractivity contribution in [1.29, 1.82) is 0 Å². The molecule has 8 heteroatoms. The third kappa shape index (κ3) is 5.67. The van der Waals surface area contributed by atoms with Crippen molar-refractivity contribution in [1.82, 2.24) is 9.88 Å². The fourth-order valence-electron chi connectivity index (χ4n) is 2.46. The second-order valence-corrected chi connectivity index (χ2v) is 7.90. The van der Waals surface area contributed by atoms with E-state index in [1.807, 2.05) is 20.8 Å². The van der Waals surface area contributed by atoms with Gasteiger partial charge in [-0.05, 0) is 45.6 Å². The summed E-state index contributed by atoms with van der Waals surface area (Å²) in [5.41, 5.74) is -0.491. The number of hydrogen-bond acceptors (Lipinski definition) is 6. The van der Waals surface area contributed by atoms with Crippen LogP contribution in [0.1, 0.15) is 33.6 Å². The Morgan fingerprint density at radius 2 is 2.25 bits per heavy atom. The van der Waals surface area contributed by atoms with Gasteiger partial charge in [-0.25, -0.2) is 9.78 Å². The van der Waals surface area contributed by atoms with Crippen molar-refractivity contribution in [3.63, 3.8) is 0 Å². The maximum atomic E-state index is 12.2. The van der Waals surface area contributed by atoms with Crippen LogP contribution < -0.4 is 0 Å². The lowest BCUT2D eigenvalue weighted by molar-refractivity contribution is -0.385. The van der Waals surface area contributed by atoms with Crippen molar-refractivity contribution < 1.29 is 14.5 Å². The number of hydrogen-bond donors (Lipinski definition) is 0. The van der Waals surface area contributed by atoms with Crippen LogP contribution >= 0.6 is 11.8 Å². The van der Waals surface area contributed by atoms with E-state index in [1.165, 1.54) is 12.3 Å². The van der Waals surface area contributed by atoms with Crippen molar-refractivity contribution in [3.05, 3.63) is 28.4 Å². The maximum absolute atomic E-state index is 12.2. The quantitative estimate of drug-likeness (QED) is 0.466. The molecule has 1 aliphatic rings. The summed E-state index contributed by atoms with van der Waals surface area (Å²) in [6, 6.07) is 3.13. The number of piperidine rings is 1. The average Bonchev–Trinajstić information content (AvgIpc) is 2.52. The van der Waals surface area contributed by atoms with Crippen molar-refractivity contribution in [3.8, 4) is 0 Å². The minimum Gasteiger partial charge on any atom is -0.444 e. The molecule has 24 heavy (non-hydrogen) atoms. The highest BCUT2D eigenvalue weighted by Crippen LogP contribution is 2.26. The molecule has 0 N–H and O–H groups in total. The summed E-state index contributed by atoms with van der Waals surface area (Å²) in [5.74, 6) is 1.19. The zero-order valence-corrected chi connectivity index (χ0v) is 15.0. The zero-order valence-electron chi connectivity index (χ0n) is 14.2. The first-order valence-corrected chi connectivity index (χ1v) is 8.94. The number of likely N-dealkylation sites (tertiary alicyclic amines) is 1. The van der Waals surface area contributed by atoms with Gasteiger partial charge in [0.05, 0.1) is 9.95 Å². The first-order chi connectivity index (χ1) is 11.2. The Balaban J connectivity index is 1.84. The summed E-state index contributed by atoms with van der Waals surface area (Å²) in [6.45, 7) is 6.99. The number of thioether (sulfide) groups is 1. The Morgan fingerprint density at radius 1 is 1.50 bits per heavy atom. The van der Waals surface area contributed by atoms with Crippen molar-refractivity contribution in [2.45, 2.75) is 44.2 Å². The smallest absolute Gasteiger partial charge is 0.410 e. The van der Waals surface area contributed by atoms with Gasteiger partial charge >= 0.3 is 6.09 Å². The molecular weight excluding hydrogens is 330 g/mol. The minimum absolute atomic E-state index is 0.00637. The van der Waals surface area contributed by atoms with E-state index in [2.05, 4.69) is 4.98 Å². The van der Waals surface area contributed by atoms with Gasteiger partial charge in [0, 0.05) is 24.9 Å². The number of carbonyl (C=O) groups is 1. The molecule has 1 aromatic heterocycles. The third-order valence-corrected chi connectivity index (χ3v) is 4.74. The first-order valence-electron chi connectivity index (χ1n) is 7.96. The molecule has 0 radical (unpaired) electrons. The summed E-state index contributed by atoms with van der Waals surface area (Å²) in [5, 5.41) is 11.4. The molecule has 1 aliphatic heterocycles. The molecule has 2 heterocycles.